The summed E-state index contributed by atoms with van der Waals surface area (Å²) < 4.78 is 0. The quantitative estimate of drug-likeness (QED) is 0.637. The van der Waals surface area contributed by atoms with Crippen LogP contribution in [-0.2, 0) is 42.3 Å². The molecule has 1 heterocycles. The van der Waals surface area contributed by atoms with Gasteiger partial charge in [0.1, 0.15) is 0 Å². The molecule has 0 bridgehead atoms. The maximum absolute atomic E-state index is 10.9. The Morgan fingerprint density at radius 1 is 0.765 bits per heavy atom. The predicted octanol–water partition coefficient (Wildman–Crippen LogP) is 1.62. The first-order chi connectivity index (χ1) is 6.61. The molecule has 101 valence electrons. The van der Waals surface area contributed by atoms with Gasteiger partial charge in [-0.25, -0.2) is 0 Å². The molecule has 1 rings (SSSR count). The number of hydrogen-bond acceptors (Lipinski definition) is 2. The third-order valence-corrected chi connectivity index (χ3v) is 2.17. The molecule has 0 saturated carbocycles. The topological polar surface area (TPSA) is 40.6 Å². The van der Waals surface area contributed by atoms with Crippen LogP contribution in [0.3, 0.4) is 0 Å². The van der Waals surface area contributed by atoms with Crippen molar-refractivity contribution in [2.24, 2.45) is 0 Å². The Hall–Kier alpha value is 0.0439. The van der Waals surface area contributed by atoms with Crippen LogP contribution in [0.5, 0.6) is 0 Å². The Morgan fingerprint density at radius 3 is 1.06 bits per heavy atom. The molecule has 1 aliphatic rings. The molecule has 17 heavy (non-hydrogen) atoms. The summed E-state index contributed by atoms with van der Waals surface area (Å²) in [6, 6.07) is 0. The minimum absolute atomic E-state index is 0. The van der Waals surface area contributed by atoms with Gasteiger partial charge in [0.15, 0.2) is 0 Å². The van der Waals surface area contributed by atoms with Crippen molar-refractivity contribution >= 4 is 11.8 Å². The molecule has 1 saturated heterocycles. The van der Waals surface area contributed by atoms with E-state index in [0.29, 0.717) is 26.2 Å². The van der Waals surface area contributed by atoms with Crippen LogP contribution < -0.4 is 0 Å². The second-order valence-electron chi connectivity index (χ2n) is 3.01. The Balaban J connectivity index is -0.000000160. The Labute approximate surface area is 132 Å². The Bertz CT molecular complexity index is 181. The van der Waals surface area contributed by atoms with Crippen molar-refractivity contribution in [1.82, 2.24) is 9.80 Å². The van der Waals surface area contributed by atoms with Gasteiger partial charge in [-0.3, -0.25) is 9.59 Å². The van der Waals surface area contributed by atoms with Gasteiger partial charge in [0.05, 0.1) is 0 Å². The summed E-state index contributed by atoms with van der Waals surface area (Å²) in [4.78, 5) is 25.3. The standard InChI is InChI=1S/C8H14N2O2.C2H6.2CH3.Y/c1-7(11)9-3-5-10(6-4-9)8(2)12;1-2;;;/h3-6H2,1-2H3;1-2H3;2*1H3;/q;;2*-1;. The van der Waals surface area contributed by atoms with Gasteiger partial charge in [0, 0.05) is 72.7 Å². The number of rotatable bonds is 0. The van der Waals surface area contributed by atoms with Crippen molar-refractivity contribution in [1.29, 1.82) is 0 Å². The van der Waals surface area contributed by atoms with Crippen LogP contribution in [0, 0.1) is 14.9 Å². The van der Waals surface area contributed by atoms with Crippen LogP contribution in [0.15, 0.2) is 0 Å². The molecule has 0 unspecified atom stereocenters. The van der Waals surface area contributed by atoms with Crippen molar-refractivity contribution in [2.75, 3.05) is 26.2 Å². The van der Waals surface area contributed by atoms with E-state index in [2.05, 4.69) is 0 Å². The average Bonchev–Trinajstić information content (AvgIpc) is 2.21. The SMILES string of the molecule is CC.CC(=O)N1CCN(C(C)=O)CC1.[CH3-].[CH3-].[Y]. The molecule has 0 N–H and O–H groups in total. The zero-order chi connectivity index (χ0) is 11.1. The van der Waals surface area contributed by atoms with Crippen molar-refractivity contribution in [3.05, 3.63) is 14.9 Å². The van der Waals surface area contributed by atoms with Gasteiger partial charge in [-0.15, -0.1) is 0 Å². The molecule has 0 aromatic rings. The van der Waals surface area contributed by atoms with Crippen LogP contribution in [0.2, 0.25) is 0 Å². The molecule has 0 aromatic carbocycles. The summed E-state index contributed by atoms with van der Waals surface area (Å²) >= 11 is 0. The molecule has 0 aromatic heterocycles. The van der Waals surface area contributed by atoms with Crippen LogP contribution >= 0.6 is 0 Å². The van der Waals surface area contributed by atoms with E-state index in [1.54, 1.807) is 23.6 Å². The van der Waals surface area contributed by atoms with E-state index in [-0.39, 0.29) is 59.4 Å². The van der Waals surface area contributed by atoms with E-state index in [4.69, 9.17) is 0 Å². The normalized spacial score (nSPS) is 12.9. The summed E-state index contributed by atoms with van der Waals surface area (Å²) in [6.45, 7) is 9.82. The zero-order valence-electron chi connectivity index (χ0n) is 12.1. The summed E-state index contributed by atoms with van der Waals surface area (Å²) in [5, 5.41) is 0. The van der Waals surface area contributed by atoms with Gasteiger partial charge in [0.25, 0.3) is 0 Å². The number of carbonyl (C=O) groups excluding carboxylic acids is 2. The zero-order valence-corrected chi connectivity index (χ0v) is 15.0. The summed E-state index contributed by atoms with van der Waals surface area (Å²) in [5.41, 5.74) is 0. The number of hydrogen-bond donors (Lipinski definition) is 0. The number of amides is 2. The summed E-state index contributed by atoms with van der Waals surface area (Å²) in [7, 11) is 0. The van der Waals surface area contributed by atoms with Gasteiger partial charge in [-0.05, 0) is 0 Å². The van der Waals surface area contributed by atoms with Crippen LogP contribution in [0.4, 0.5) is 0 Å². The third-order valence-electron chi connectivity index (χ3n) is 2.17. The smallest absolute Gasteiger partial charge is 0.219 e. The van der Waals surface area contributed by atoms with Crippen LogP contribution in [0.1, 0.15) is 27.7 Å². The average molecular weight is 319 g/mol. The summed E-state index contributed by atoms with van der Waals surface area (Å²) in [6.07, 6.45) is 0. The predicted molar refractivity (Wildman–Crippen MR) is 68.7 cm³/mol. The first-order valence-corrected chi connectivity index (χ1v) is 5.12. The minimum Gasteiger partial charge on any atom is -0.358 e. The molecule has 0 atom stereocenters. The van der Waals surface area contributed by atoms with Gasteiger partial charge in [-0.1, -0.05) is 13.8 Å². The number of nitrogens with zero attached hydrogens (tertiary/aromatic N) is 2. The molecule has 4 nitrogen and oxygen atoms in total. The van der Waals surface area contributed by atoms with Gasteiger partial charge < -0.3 is 24.7 Å². The molecular formula is C12H26N2O2Y-2. The molecule has 0 spiro atoms. The van der Waals surface area contributed by atoms with Crippen molar-refractivity contribution in [3.8, 4) is 0 Å². The van der Waals surface area contributed by atoms with E-state index >= 15 is 0 Å². The van der Waals surface area contributed by atoms with E-state index in [9.17, 15) is 9.59 Å². The third kappa shape index (κ3) is 9.72. The van der Waals surface area contributed by atoms with Crippen LogP contribution in [0.25, 0.3) is 0 Å². The maximum atomic E-state index is 10.9. The fourth-order valence-electron chi connectivity index (χ4n) is 1.34. The van der Waals surface area contributed by atoms with Gasteiger partial charge >= 0.3 is 0 Å². The maximum Gasteiger partial charge on any atom is 0.219 e. The van der Waals surface area contributed by atoms with E-state index in [1.165, 1.54) is 0 Å². The first kappa shape index (κ1) is 25.8. The summed E-state index contributed by atoms with van der Waals surface area (Å²) in [5.74, 6) is 0.191. The molecule has 1 aliphatic heterocycles. The number of piperazine rings is 1. The van der Waals surface area contributed by atoms with Gasteiger partial charge in [-0.2, -0.15) is 0 Å². The molecule has 1 radical (unpaired) electrons. The molecule has 1 fully saturated rings. The Morgan fingerprint density at radius 2 is 0.941 bits per heavy atom. The second kappa shape index (κ2) is 14.1. The van der Waals surface area contributed by atoms with E-state index in [0.717, 1.165) is 0 Å². The van der Waals surface area contributed by atoms with E-state index < -0.39 is 0 Å². The second-order valence-corrected chi connectivity index (χ2v) is 3.01. The monoisotopic (exact) mass is 319 g/mol. The Kier molecular flexibility index (Phi) is 21.4. The van der Waals surface area contributed by atoms with Gasteiger partial charge in [0.2, 0.25) is 11.8 Å². The number of carbonyl (C=O) groups is 2. The van der Waals surface area contributed by atoms with E-state index in [1.807, 2.05) is 13.8 Å². The first-order valence-electron chi connectivity index (χ1n) is 5.12. The molecule has 2 amide bonds. The molecule has 0 aliphatic carbocycles. The minimum atomic E-state index is 0. The van der Waals surface area contributed by atoms with Crippen molar-refractivity contribution < 1.29 is 42.3 Å². The largest absolute Gasteiger partial charge is 0.358 e. The molecular weight excluding hydrogens is 293 g/mol. The molecule has 5 heteroatoms. The fraction of sp³-hybridized carbons (Fsp3) is 0.667. The van der Waals surface area contributed by atoms with Crippen molar-refractivity contribution in [2.45, 2.75) is 27.7 Å². The van der Waals surface area contributed by atoms with Crippen LogP contribution in [-0.4, -0.2) is 47.8 Å². The fourth-order valence-corrected chi connectivity index (χ4v) is 1.34. The van der Waals surface area contributed by atoms with Crippen molar-refractivity contribution in [3.63, 3.8) is 0 Å².